The number of thiophene rings is 2. The van der Waals surface area contributed by atoms with Crippen molar-refractivity contribution in [3.8, 4) is 11.1 Å². The minimum atomic E-state index is -0.287. The van der Waals surface area contributed by atoms with E-state index in [-0.39, 0.29) is 5.41 Å². The zero-order chi connectivity index (χ0) is 53.4. The van der Waals surface area contributed by atoms with Gasteiger partial charge in [-0.25, -0.2) is 0 Å². The Hall–Kier alpha value is -8.48. The van der Waals surface area contributed by atoms with Crippen LogP contribution in [0.15, 0.2) is 212 Å². The van der Waals surface area contributed by atoms with E-state index in [0.717, 1.165) is 18.5 Å². The highest BCUT2D eigenvalue weighted by atomic mass is 32.1. The van der Waals surface area contributed by atoms with Crippen LogP contribution in [-0.4, -0.2) is 4.40 Å². The molecule has 0 amide bonds. The van der Waals surface area contributed by atoms with E-state index in [2.05, 4.69) is 254 Å². The predicted octanol–water partition coefficient (Wildman–Crippen LogP) is 22.7. The molecule has 386 valence electrons. The smallest absolute Gasteiger partial charge is 0.0620 e. The van der Waals surface area contributed by atoms with Crippen molar-refractivity contribution in [1.82, 2.24) is 4.40 Å². The predicted molar refractivity (Wildman–Crippen MR) is 349 cm³/mol. The van der Waals surface area contributed by atoms with Gasteiger partial charge in [0.1, 0.15) is 0 Å². The third-order valence-electron chi connectivity index (χ3n) is 17.8. The van der Waals surface area contributed by atoms with Gasteiger partial charge in [-0.3, -0.25) is 0 Å². The lowest BCUT2D eigenvalue weighted by Gasteiger charge is -2.29. The van der Waals surface area contributed by atoms with Crippen LogP contribution < -0.4 is 9.80 Å². The van der Waals surface area contributed by atoms with Gasteiger partial charge in [-0.1, -0.05) is 144 Å². The first-order valence-corrected chi connectivity index (χ1v) is 30.4. The van der Waals surface area contributed by atoms with Crippen LogP contribution in [0.1, 0.15) is 75.6 Å². The molecular weight excluding hydrogens is 1010 g/mol. The zero-order valence-corrected chi connectivity index (χ0v) is 47.2. The van der Waals surface area contributed by atoms with Crippen LogP contribution >= 0.6 is 22.7 Å². The van der Waals surface area contributed by atoms with E-state index in [1.54, 1.807) is 0 Å². The van der Waals surface area contributed by atoms with E-state index in [0.29, 0.717) is 0 Å². The summed E-state index contributed by atoms with van der Waals surface area (Å²) in [6.45, 7) is 9.48. The summed E-state index contributed by atoms with van der Waals surface area (Å²) in [4.78, 5) is 5.00. The van der Waals surface area contributed by atoms with Gasteiger partial charge in [-0.05, 0) is 179 Å². The van der Waals surface area contributed by atoms with Crippen LogP contribution in [0.2, 0.25) is 0 Å². The lowest BCUT2D eigenvalue weighted by molar-refractivity contribution is 0.666. The monoisotopic (exact) mass is 1070 g/mol. The fourth-order valence-corrected chi connectivity index (χ4v) is 16.1. The first kappa shape index (κ1) is 47.5. The second-order valence-electron chi connectivity index (χ2n) is 22.9. The molecule has 0 spiro atoms. The molecule has 0 aliphatic heterocycles. The van der Waals surface area contributed by atoms with E-state index in [1.807, 2.05) is 22.7 Å². The Balaban J connectivity index is 0.864. The van der Waals surface area contributed by atoms with Crippen LogP contribution in [0.25, 0.3) is 100 Å². The Morgan fingerprint density at radius 1 is 0.375 bits per heavy atom. The van der Waals surface area contributed by atoms with Crippen molar-refractivity contribution >= 4 is 146 Å². The van der Waals surface area contributed by atoms with Gasteiger partial charge in [0, 0.05) is 101 Å². The molecule has 0 saturated heterocycles. The average Bonchev–Trinajstić information content (AvgIpc) is 4.45. The lowest BCUT2D eigenvalue weighted by atomic mass is 9.80. The van der Waals surface area contributed by atoms with Crippen molar-refractivity contribution in [1.29, 1.82) is 0 Å². The first-order chi connectivity index (χ1) is 39.3. The van der Waals surface area contributed by atoms with Crippen molar-refractivity contribution in [3.05, 3.63) is 235 Å². The maximum absolute atomic E-state index is 2.59. The molecule has 1 aliphatic rings. The van der Waals surface area contributed by atoms with Gasteiger partial charge in [0.25, 0.3) is 0 Å². The highest BCUT2D eigenvalue weighted by Gasteiger charge is 2.38. The van der Waals surface area contributed by atoms with Gasteiger partial charge in [0.15, 0.2) is 0 Å². The number of rotatable bonds is 12. The number of unbranched alkanes of at least 4 members (excludes halogenated alkanes) is 2. The minimum Gasteiger partial charge on any atom is -0.310 e. The van der Waals surface area contributed by atoms with Crippen molar-refractivity contribution in [2.45, 2.75) is 71.6 Å². The molecule has 0 atom stereocenters. The number of nitrogens with zero attached hydrogens (tertiary/aromatic N) is 3. The summed E-state index contributed by atoms with van der Waals surface area (Å²) in [6.07, 6.45) is 6.83. The Bertz CT molecular complexity index is 4990. The summed E-state index contributed by atoms with van der Waals surface area (Å²) in [5, 5.41) is 13.0. The van der Waals surface area contributed by atoms with E-state index >= 15 is 0 Å². The van der Waals surface area contributed by atoms with Gasteiger partial charge in [-0.2, -0.15) is 0 Å². The topological polar surface area (TPSA) is 10.9 Å². The highest BCUT2D eigenvalue weighted by molar-refractivity contribution is 7.26. The molecule has 11 aromatic carbocycles. The quantitative estimate of drug-likeness (QED) is 0.121. The fourth-order valence-electron chi connectivity index (χ4n) is 13.9. The largest absolute Gasteiger partial charge is 0.310 e. The Morgan fingerprint density at radius 3 is 1.51 bits per heavy atom. The number of aryl methyl sites for hydroxylation is 2. The van der Waals surface area contributed by atoms with Gasteiger partial charge in [-0.15, -0.1) is 22.7 Å². The number of aromatic nitrogens is 1. The third-order valence-corrected chi connectivity index (χ3v) is 20.1. The lowest BCUT2D eigenvalue weighted by Crippen LogP contribution is -2.17. The summed E-state index contributed by atoms with van der Waals surface area (Å²) in [7, 11) is 0. The third kappa shape index (κ3) is 7.23. The van der Waals surface area contributed by atoms with Crippen molar-refractivity contribution in [3.63, 3.8) is 0 Å². The summed E-state index contributed by atoms with van der Waals surface area (Å²) < 4.78 is 7.88. The molecule has 0 fully saturated rings. The van der Waals surface area contributed by atoms with Crippen LogP contribution in [0.3, 0.4) is 0 Å². The normalized spacial score (nSPS) is 13.2. The van der Waals surface area contributed by atoms with Gasteiger partial charge in [0.2, 0.25) is 0 Å². The van der Waals surface area contributed by atoms with Gasteiger partial charge in [0.05, 0.1) is 16.6 Å². The van der Waals surface area contributed by atoms with Crippen LogP contribution in [0.4, 0.5) is 34.1 Å². The summed E-state index contributed by atoms with van der Waals surface area (Å²) in [5.41, 5.74) is 18.7. The SMILES string of the molecule is CCCCc1cccc(N(c2ccc3c(c2)C(C)(C)c2c-3ccc3cc4c5cccc6c7ccc(N(c8cccc(CCCC)c8)c8ccc9sc%10ccccc%10c9c8)cc7n(c4cc23)c65)c2ccc3sc4ccccc4c3c2)c1. The standard InChI is InChI=1S/C75H59N3S2/c1-5-7-16-46-18-13-20-49(38-46)76(51-31-36-71-64(41-51)57-22-9-11-26-69(57)79-71)53-29-34-55-59-33-28-48-40-63-61-25-15-24-60-56-35-30-54(44-67(56)78(74(60)61)68(63)45-62(48)73(59)75(3,4)66(55)43-53)77(50-21-14-19-47(39-50)17-8-6-2)52-32-37-72-65(42-52)58-23-10-12-27-70(58)80-72/h9-15,18-45H,5-8,16-17H2,1-4H3. The molecule has 1 aliphatic carbocycles. The zero-order valence-electron chi connectivity index (χ0n) is 45.6. The number of benzene rings is 11. The average molecular weight is 1070 g/mol. The van der Waals surface area contributed by atoms with Crippen LogP contribution in [-0.2, 0) is 18.3 Å². The maximum atomic E-state index is 2.59. The molecule has 0 N–H and O–H groups in total. The van der Waals surface area contributed by atoms with E-state index in [4.69, 9.17) is 0 Å². The fraction of sp³-hybridized carbons (Fsp3) is 0.147. The second-order valence-corrected chi connectivity index (χ2v) is 25.1. The van der Waals surface area contributed by atoms with E-state index < -0.39 is 0 Å². The summed E-state index contributed by atoms with van der Waals surface area (Å²) >= 11 is 3.76. The molecular formula is C75H59N3S2. The van der Waals surface area contributed by atoms with E-state index in [1.165, 1.54) is 177 Å². The molecule has 0 bridgehead atoms. The van der Waals surface area contributed by atoms with Crippen molar-refractivity contribution in [2.75, 3.05) is 9.80 Å². The van der Waals surface area contributed by atoms with E-state index in [9.17, 15) is 0 Å². The van der Waals surface area contributed by atoms with Crippen molar-refractivity contribution < 1.29 is 0 Å². The molecule has 4 aromatic heterocycles. The summed E-state index contributed by atoms with van der Waals surface area (Å²) in [6, 6.07) is 81.6. The molecule has 80 heavy (non-hydrogen) atoms. The Labute approximate surface area is 474 Å². The Morgan fingerprint density at radius 2 is 0.875 bits per heavy atom. The molecule has 0 unspecified atom stereocenters. The van der Waals surface area contributed by atoms with Crippen molar-refractivity contribution in [2.24, 2.45) is 0 Å². The maximum Gasteiger partial charge on any atom is 0.0620 e. The number of fused-ring (bicyclic) bond motifs is 17. The molecule has 15 aromatic rings. The number of hydrogen-bond acceptors (Lipinski definition) is 4. The van der Waals surface area contributed by atoms with Gasteiger partial charge < -0.3 is 14.2 Å². The van der Waals surface area contributed by atoms with Crippen LogP contribution in [0.5, 0.6) is 0 Å². The summed E-state index contributed by atoms with van der Waals surface area (Å²) in [5.74, 6) is 0. The highest BCUT2D eigenvalue weighted by Crippen LogP contribution is 2.55. The van der Waals surface area contributed by atoms with Gasteiger partial charge >= 0.3 is 0 Å². The number of hydrogen-bond donors (Lipinski definition) is 0. The Kier molecular flexibility index (Phi) is 10.9. The minimum absolute atomic E-state index is 0.287. The molecule has 0 saturated carbocycles. The number of anilines is 6. The molecule has 0 radical (unpaired) electrons. The molecule has 16 rings (SSSR count). The molecule has 5 heteroatoms. The second kappa shape index (κ2) is 18.3. The van der Waals surface area contributed by atoms with Crippen LogP contribution in [0, 0.1) is 0 Å². The molecule has 3 nitrogen and oxygen atoms in total. The number of para-hydroxylation sites is 1. The first-order valence-electron chi connectivity index (χ1n) is 28.8. The molecule has 4 heterocycles.